The van der Waals surface area contributed by atoms with Crippen molar-refractivity contribution in [1.82, 2.24) is 9.80 Å². The number of benzene rings is 4. The largest absolute Gasteiger partial charge is 0.489 e. The Kier molecular flexibility index (Phi) is 14.9. The van der Waals surface area contributed by atoms with Crippen LogP contribution in [0.4, 0.5) is 9.59 Å². The SMILES string of the molecule is CCOCC(=O)N1C(=O)OC[C@@H]1Cc1ccccc1.CCO[C@H](C(=O)N1C(=O)OC[C@@H]1Cc1ccccc1)[C@H](O)c1ccc(OCc2ccccc2)cc1C. The van der Waals surface area contributed by atoms with Gasteiger partial charge < -0.3 is 28.8 Å². The van der Waals surface area contributed by atoms with Crippen molar-refractivity contribution in [3.8, 4) is 5.75 Å². The van der Waals surface area contributed by atoms with E-state index in [2.05, 4.69) is 0 Å². The first-order valence-corrected chi connectivity index (χ1v) is 18.4. The molecule has 0 spiro atoms. The van der Waals surface area contributed by atoms with Crippen molar-refractivity contribution in [1.29, 1.82) is 0 Å². The molecule has 12 nitrogen and oxygen atoms in total. The average molecular weight is 753 g/mol. The summed E-state index contributed by atoms with van der Waals surface area (Å²) >= 11 is 0. The van der Waals surface area contributed by atoms with Gasteiger partial charge in [0.25, 0.3) is 11.8 Å². The lowest BCUT2D eigenvalue weighted by Gasteiger charge is -2.28. The number of carbonyl (C=O) groups excluding carboxylic acids is 4. The van der Waals surface area contributed by atoms with Crippen LogP contribution in [0.1, 0.15) is 47.8 Å². The van der Waals surface area contributed by atoms with Crippen molar-refractivity contribution in [3.05, 3.63) is 137 Å². The smallest absolute Gasteiger partial charge is 0.417 e. The molecule has 12 heteroatoms. The summed E-state index contributed by atoms with van der Waals surface area (Å²) in [7, 11) is 0. The van der Waals surface area contributed by atoms with Crippen LogP contribution in [0.25, 0.3) is 0 Å². The Balaban J connectivity index is 0.000000256. The summed E-state index contributed by atoms with van der Waals surface area (Å²) in [6.45, 7) is 6.69. The number of carbonyl (C=O) groups is 4. The standard InChI is InChI=1S/C29H31NO6.C14H17NO4/c1-3-34-27(28(32)30-23(19-36-29(30)33)17-21-10-6-4-7-11-21)26(31)25-15-14-24(16-20(25)2)35-18-22-12-8-5-9-13-22;1-2-18-10-13(16)15-12(9-19-14(15)17)8-11-6-4-3-5-7-11/h4-16,23,26-27,31H,3,17-19H2,1-2H3;3-7,12H,2,8-10H2,1H3/t23-,26+,27-;12-/m00/s1. The minimum atomic E-state index is -1.27. The van der Waals surface area contributed by atoms with Gasteiger partial charge in [0.15, 0.2) is 6.10 Å². The number of aryl methyl sites for hydroxylation is 1. The summed E-state index contributed by atoms with van der Waals surface area (Å²) in [6, 6.07) is 33.7. The highest BCUT2D eigenvalue weighted by atomic mass is 16.6. The van der Waals surface area contributed by atoms with Gasteiger partial charge in [-0.15, -0.1) is 0 Å². The van der Waals surface area contributed by atoms with Crippen LogP contribution in [-0.2, 0) is 48.0 Å². The van der Waals surface area contributed by atoms with Crippen LogP contribution in [-0.4, -0.2) is 90.1 Å². The fourth-order valence-corrected chi connectivity index (χ4v) is 6.42. The van der Waals surface area contributed by atoms with Crippen LogP contribution in [0.3, 0.4) is 0 Å². The summed E-state index contributed by atoms with van der Waals surface area (Å²) in [4.78, 5) is 51.8. The van der Waals surface area contributed by atoms with E-state index in [1.165, 1.54) is 4.90 Å². The second-order valence-corrected chi connectivity index (χ2v) is 13.1. The molecule has 4 amide bonds. The van der Waals surface area contributed by atoms with Gasteiger partial charge in [-0.25, -0.2) is 19.4 Å². The van der Waals surface area contributed by atoms with E-state index in [0.717, 1.165) is 27.2 Å². The number of cyclic esters (lactones) is 2. The first-order chi connectivity index (χ1) is 26.7. The zero-order chi connectivity index (χ0) is 39.2. The molecule has 2 aliphatic rings. The molecule has 6 rings (SSSR count). The van der Waals surface area contributed by atoms with Gasteiger partial charge in [0.05, 0.1) is 12.1 Å². The van der Waals surface area contributed by atoms with Crippen molar-refractivity contribution < 1.29 is 48.0 Å². The van der Waals surface area contributed by atoms with Crippen LogP contribution in [0.15, 0.2) is 109 Å². The minimum absolute atomic E-state index is 0.0864. The molecule has 2 heterocycles. The number of amides is 4. The van der Waals surface area contributed by atoms with E-state index in [1.807, 2.05) is 104 Å². The zero-order valence-corrected chi connectivity index (χ0v) is 31.4. The van der Waals surface area contributed by atoms with Gasteiger partial charge in [0.1, 0.15) is 38.3 Å². The van der Waals surface area contributed by atoms with Gasteiger partial charge in [0.2, 0.25) is 0 Å². The molecule has 4 atom stereocenters. The zero-order valence-electron chi connectivity index (χ0n) is 31.4. The number of aliphatic hydroxyl groups is 1. The molecular weight excluding hydrogens is 704 g/mol. The molecule has 55 heavy (non-hydrogen) atoms. The third kappa shape index (κ3) is 11.0. The van der Waals surface area contributed by atoms with Crippen LogP contribution >= 0.6 is 0 Å². The Labute approximate surface area is 321 Å². The maximum absolute atomic E-state index is 13.5. The molecule has 0 aliphatic carbocycles. The highest BCUT2D eigenvalue weighted by molar-refractivity contribution is 5.96. The molecule has 4 aromatic rings. The third-order valence-electron chi connectivity index (χ3n) is 9.17. The van der Waals surface area contributed by atoms with E-state index in [1.54, 1.807) is 26.0 Å². The number of hydrogen-bond donors (Lipinski definition) is 1. The quantitative estimate of drug-likeness (QED) is 0.149. The topological polar surface area (TPSA) is 141 Å². The first-order valence-electron chi connectivity index (χ1n) is 18.4. The Morgan fingerprint density at radius 3 is 1.80 bits per heavy atom. The van der Waals surface area contributed by atoms with E-state index < -0.39 is 36.3 Å². The summed E-state index contributed by atoms with van der Waals surface area (Å²) in [5.74, 6) is -0.306. The number of nitrogens with zero attached hydrogens (tertiary/aromatic N) is 2. The molecule has 2 fully saturated rings. The second kappa shape index (κ2) is 20.2. The first kappa shape index (κ1) is 40.6. The van der Waals surface area contributed by atoms with E-state index in [-0.39, 0.29) is 38.4 Å². The number of aliphatic hydroxyl groups excluding tert-OH is 1. The van der Waals surface area contributed by atoms with E-state index in [0.29, 0.717) is 37.4 Å². The number of ether oxygens (including phenoxy) is 5. The summed E-state index contributed by atoms with van der Waals surface area (Å²) in [6.07, 6.45) is -2.77. The van der Waals surface area contributed by atoms with Crippen molar-refractivity contribution >= 4 is 24.0 Å². The second-order valence-electron chi connectivity index (χ2n) is 13.1. The average Bonchev–Trinajstić information content (AvgIpc) is 3.76. The molecule has 0 bridgehead atoms. The Hall–Kier alpha value is -5.56. The Morgan fingerprint density at radius 1 is 0.745 bits per heavy atom. The summed E-state index contributed by atoms with van der Waals surface area (Å²) < 4.78 is 26.8. The number of imide groups is 2. The van der Waals surface area contributed by atoms with Crippen molar-refractivity contribution in [2.75, 3.05) is 33.0 Å². The molecule has 0 aromatic heterocycles. The normalized spacial score (nSPS) is 17.5. The lowest BCUT2D eigenvalue weighted by Crippen LogP contribution is -2.48. The molecule has 1 N–H and O–H groups in total. The van der Waals surface area contributed by atoms with Gasteiger partial charge in [-0.05, 0) is 73.6 Å². The highest BCUT2D eigenvalue weighted by Gasteiger charge is 2.44. The maximum atomic E-state index is 13.5. The summed E-state index contributed by atoms with van der Waals surface area (Å²) in [5.41, 5.74) is 4.37. The Bertz CT molecular complexity index is 1860. The van der Waals surface area contributed by atoms with Crippen LogP contribution in [0.2, 0.25) is 0 Å². The van der Waals surface area contributed by atoms with Crippen molar-refractivity contribution in [2.24, 2.45) is 0 Å². The maximum Gasteiger partial charge on any atom is 0.417 e. The minimum Gasteiger partial charge on any atom is -0.489 e. The molecule has 0 radical (unpaired) electrons. The summed E-state index contributed by atoms with van der Waals surface area (Å²) in [5, 5.41) is 11.2. The fourth-order valence-electron chi connectivity index (χ4n) is 6.42. The molecule has 0 saturated carbocycles. The molecular formula is C43H48N2O10. The van der Waals surface area contributed by atoms with Crippen molar-refractivity contribution in [3.63, 3.8) is 0 Å². The third-order valence-corrected chi connectivity index (χ3v) is 9.17. The van der Waals surface area contributed by atoms with Gasteiger partial charge in [-0.2, -0.15) is 0 Å². The van der Waals surface area contributed by atoms with Crippen LogP contribution < -0.4 is 4.74 Å². The predicted molar refractivity (Wildman–Crippen MR) is 203 cm³/mol. The number of hydrogen-bond acceptors (Lipinski definition) is 10. The van der Waals surface area contributed by atoms with Crippen LogP contribution in [0, 0.1) is 6.92 Å². The predicted octanol–water partition coefficient (Wildman–Crippen LogP) is 6.22. The van der Waals surface area contributed by atoms with Gasteiger partial charge in [0, 0.05) is 13.2 Å². The van der Waals surface area contributed by atoms with Crippen LogP contribution in [0.5, 0.6) is 5.75 Å². The lowest BCUT2D eigenvalue weighted by atomic mass is 9.97. The molecule has 0 unspecified atom stereocenters. The molecule has 4 aromatic carbocycles. The monoisotopic (exact) mass is 752 g/mol. The van der Waals surface area contributed by atoms with Gasteiger partial charge in [-0.3, -0.25) is 9.59 Å². The lowest BCUT2D eigenvalue weighted by molar-refractivity contribution is -0.149. The van der Waals surface area contributed by atoms with E-state index in [9.17, 15) is 24.3 Å². The van der Waals surface area contributed by atoms with Gasteiger partial charge in [-0.1, -0.05) is 97.1 Å². The highest BCUT2D eigenvalue weighted by Crippen LogP contribution is 2.29. The van der Waals surface area contributed by atoms with E-state index >= 15 is 0 Å². The molecule has 290 valence electrons. The van der Waals surface area contributed by atoms with E-state index in [4.69, 9.17) is 23.7 Å². The Morgan fingerprint density at radius 2 is 1.27 bits per heavy atom. The fraction of sp³-hybridized carbons (Fsp3) is 0.349. The molecule has 2 aliphatic heterocycles. The van der Waals surface area contributed by atoms with Gasteiger partial charge >= 0.3 is 12.2 Å². The molecule has 2 saturated heterocycles. The van der Waals surface area contributed by atoms with Crippen molar-refractivity contribution in [2.45, 2.75) is 64.5 Å². The number of rotatable bonds is 15.